The van der Waals surface area contributed by atoms with Crippen molar-refractivity contribution in [1.29, 1.82) is 5.26 Å². The zero-order valence-corrected chi connectivity index (χ0v) is 15.5. The van der Waals surface area contributed by atoms with Crippen LogP contribution in [0.25, 0.3) is 5.57 Å². The second-order valence-corrected chi connectivity index (χ2v) is 8.11. The van der Waals surface area contributed by atoms with Crippen LogP contribution in [0.3, 0.4) is 0 Å². The van der Waals surface area contributed by atoms with Crippen molar-refractivity contribution in [3.63, 3.8) is 0 Å². The zero-order chi connectivity index (χ0) is 16.7. The lowest BCUT2D eigenvalue weighted by Crippen LogP contribution is -2.47. The first kappa shape index (κ1) is 15.9. The van der Waals surface area contributed by atoms with Crippen LogP contribution in [0.2, 0.25) is 4.34 Å². The van der Waals surface area contributed by atoms with E-state index in [4.69, 9.17) is 16.6 Å². The molecule has 0 bridgehead atoms. The summed E-state index contributed by atoms with van der Waals surface area (Å²) < 4.78 is 0.675. The third-order valence-electron chi connectivity index (χ3n) is 4.43. The lowest BCUT2D eigenvalue weighted by molar-refractivity contribution is 0.216. The summed E-state index contributed by atoms with van der Waals surface area (Å²) in [7, 11) is 2.14. The van der Waals surface area contributed by atoms with Crippen LogP contribution < -0.4 is 0 Å². The van der Waals surface area contributed by atoms with Gasteiger partial charge in [0.1, 0.15) is 15.9 Å². The van der Waals surface area contributed by atoms with E-state index >= 15 is 0 Å². The van der Waals surface area contributed by atoms with Gasteiger partial charge in [-0.15, -0.1) is 11.3 Å². The molecule has 0 unspecified atom stereocenters. The third-order valence-corrected chi connectivity index (χ3v) is 6.38. The highest BCUT2D eigenvalue weighted by Crippen LogP contribution is 2.45. The Morgan fingerprint density at radius 1 is 1.17 bits per heavy atom. The predicted octanol–water partition coefficient (Wildman–Crippen LogP) is 4.06. The molecule has 1 saturated heterocycles. The van der Waals surface area contributed by atoms with Gasteiger partial charge in [0, 0.05) is 65.3 Å². The molecule has 1 fully saturated rings. The highest BCUT2D eigenvalue weighted by molar-refractivity contribution is 7.15. The number of piperazine rings is 1. The molecule has 0 spiro atoms. The Kier molecular flexibility index (Phi) is 4.19. The molecule has 2 aromatic heterocycles. The number of nitriles is 1. The predicted molar refractivity (Wildman–Crippen MR) is 102 cm³/mol. The van der Waals surface area contributed by atoms with Crippen LogP contribution in [0.15, 0.2) is 27.2 Å². The number of allylic oxidation sites excluding steroid dienone is 1. The largest absolute Gasteiger partial charge is 0.353 e. The highest BCUT2D eigenvalue weighted by Gasteiger charge is 2.28. The van der Waals surface area contributed by atoms with Crippen molar-refractivity contribution in [3.8, 4) is 6.07 Å². The van der Waals surface area contributed by atoms with Crippen LogP contribution in [-0.4, -0.2) is 48.9 Å². The lowest BCUT2D eigenvalue weighted by atomic mass is 9.99. The average molecular weight is 375 g/mol. The fourth-order valence-corrected chi connectivity index (χ4v) is 4.92. The molecule has 0 atom stereocenters. The third kappa shape index (κ3) is 2.58. The number of halogens is 1. The standard InChI is InChI=1S/C17H15ClN4S2/c1-21-4-6-22(7-5-21)17-14-9-23-8-12(14)11(2-3-19)13-10-24-16(18)15(13)20-17/h2,8-10H,4-7H2,1H3/b11-2-. The van der Waals surface area contributed by atoms with E-state index in [1.807, 2.05) is 5.38 Å². The van der Waals surface area contributed by atoms with Crippen molar-refractivity contribution in [1.82, 2.24) is 9.80 Å². The van der Waals surface area contributed by atoms with E-state index in [1.54, 1.807) is 17.4 Å². The first-order valence-electron chi connectivity index (χ1n) is 7.65. The summed E-state index contributed by atoms with van der Waals surface area (Å²) in [6, 6.07) is 2.18. The molecule has 2 aliphatic heterocycles. The van der Waals surface area contributed by atoms with E-state index < -0.39 is 0 Å². The SMILES string of the molecule is CN1CCN(C2=Nc3c(csc3Cl)/C(=C\C#N)c3cscc32)CC1. The van der Waals surface area contributed by atoms with E-state index in [-0.39, 0.29) is 0 Å². The van der Waals surface area contributed by atoms with E-state index in [9.17, 15) is 5.26 Å². The van der Waals surface area contributed by atoms with Gasteiger partial charge in [-0.3, -0.25) is 0 Å². The molecule has 0 radical (unpaired) electrons. The summed E-state index contributed by atoms with van der Waals surface area (Å²) in [6.07, 6.45) is 1.61. The number of thiophene rings is 2. The zero-order valence-electron chi connectivity index (χ0n) is 13.1. The van der Waals surface area contributed by atoms with Gasteiger partial charge in [0.05, 0.1) is 6.07 Å². The minimum Gasteiger partial charge on any atom is -0.353 e. The molecular formula is C17H15ClN4S2. The van der Waals surface area contributed by atoms with E-state index in [1.165, 1.54) is 11.3 Å². The van der Waals surface area contributed by atoms with E-state index in [0.717, 1.165) is 60.0 Å². The molecule has 4 heterocycles. The van der Waals surface area contributed by atoms with Crippen LogP contribution >= 0.6 is 34.3 Å². The molecule has 0 N–H and O–H groups in total. The van der Waals surface area contributed by atoms with E-state index in [2.05, 4.69) is 33.7 Å². The number of fused-ring (bicyclic) bond motifs is 2. The summed E-state index contributed by atoms with van der Waals surface area (Å²) in [5.74, 6) is 0.974. The van der Waals surface area contributed by atoms with Gasteiger partial charge < -0.3 is 9.80 Å². The Balaban J connectivity index is 1.90. The summed E-state index contributed by atoms with van der Waals surface area (Å²) >= 11 is 9.53. The Labute approximate surface area is 153 Å². The molecule has 4 nitrogen and oxygen atoms in total. The van der Waals surface area contributed by atoms with Crippen LogP contribution in [0.4, 0.5) is 5.69 Å². The Bertz CT molecular complexity index is 879. The number of hydrogen-bond donors (Lipinski definition) is 0. The van der Waals surface area contributed by atoms with E-state index in [0.29, 0.717) is 4.34 Å². The number of likely N-dealkylation sites (N-methyl/N-ethyl adjacent to an activating group) is 1. The number of hydrogen-bond acceptors (Lipinski definition) is 6. The molecule has 7 heteroatoms. The van der Waals surface area contributed by atoms with Gasteiger partial charge in [-0.05, 0) is 12.4 Å². The smallest absolute Gasteiger partial charge is 0.138 e. The minimum absolute atomic E-state index is 0.675. The van der Waals surface area contributed by atoms with Crippen LogP contribution in [0, 0.1) is 11.3 Å². The van der Waals surface area contributed by atoms with Crippen molar-refractivity contribution < 1.29 is 0 Å². The highest BCUT2D eigenvalue weighted by atomic mass is 35.5. The molecular weight excluding hydrogens is 360 g/mol. The fourth-order valence-electron chi connectivity index (χ4n) is 3.09. The van der Waals surface area contributed by atoms with Crippen molar-refractivity contribution >= 4 is 51.4 Å². The molecule has 2 aliphatic rings. The fraction of sp³-hybridized carbons (Fsp3) is 0.294. The normalized spacial score (nSPS) is 19.5. The summed E-state index contributed by atoms with van der Waals surface area (Å²) in [5.41, 5.74) is 4.84. The first-order valence-corrected chi connectivity index (χ1v) is 9.85. The lowest BCUT2D eigenvalue weighted by Gasteiger charge is -2.34. The first-order chi connectivity index (χ1) is 11.7. The maximum atomic E-state index is 9.24. The van der Waals surface area contributed by atoms with Crippen LogP contribution in [0.1, 0.15) is 16.7 Å². The van der Waals surface area contributed by atoms with Crippen LogP contribution in [-0.2, 0) is 0 Å². The number of amidine groups is 1. The summed E-state index contributed by atoms with van der Waals surface area (Å²) in [6.45, 7) is 3.92. The molecule has 0 aliphatic carbocycles. The maximum absolute atomic E-state index is 9.24. The molecule has 122 valence electrons. The van der Waals surface area contributed by atoms with Gasteiger partial charge in [0.15, 0.2) is 0 Å². The van der Waals surface area contributed by atoms with Gasteiger partial charge in [-0.1, -0.05) is 11.6 Å². The molecule has 0 saturated carbocycles. The van der Waals surface area contributed by atoms with Crippen LogP contribution in [0.5, 0.6) is 0 Å². The number of aliphatic imine (C=N–C) groups is 1. The maximum Gasteiger partial charge on any atom is 0.138 e. The average Bonchev–Trinajstić information content (AvgIpc) is 3.16. The molecule has 24 heavy (non-hydrogen) atoms. The van der Waals surface area contributed by atoms with Crippen molar-refractivity contribution in [2.24, 2.45) is 4.99 Å². The number of nitrogens with zero attached hydrogens (tertiary/aromatic N) is 4. The Morgan fingerprint density at radius 3 is 2.67 bits per heavy atom. The van der Waals surface area contributed by atoms with Crippen molar-refractivity contribution in [2.75, 3.05) is 33.2 Å². The molecule has 4 rings (SSSR count). The van der Waals surface area contributed by atoms with Gasteiger partial charge in [0.25, 0.3) is 0 Å². The molecule has 2 aromatic rings. The Morgan fingerprint density at radius 2 is 1.92 bits per heavy atom. The summed E-state index contributed by atoms with van der Waals surface area (Å²) in [5, 5.41) is 15.5. The second kappa shape index (κ2) is 6.34. The van der Waals surface area contributed by atoms with Crippen molar-refractivity contribution in [2.45, 2.75) is 0 Å². The minimum atomic E-state index is 0.675. The van der Waals surface area contributed by atoms with Crippen molar-refractivity contribution in [3.05, 3.63) is 43.2 Å². The summed E-state index contributed by atoms with van der Waals surface area (Å²) in [4.78, 5) is 9.61. The van der Waals surface area contributed by atoms with Gasteiger partial charge in [-0.25, -0.2) is 4.99 Å². The quantitative estimate of drug-likeness (QED) is 0.653. The molecule has 0 aromatic carbocycles. The Hall–Kier alpha value is -1.65. The molecule has 0 amide bonds. The topological polar surface area (TPSA) is 42.6 Å². The monoisotopic (exact) mass is 374 g/mol. The van der Waals surface area contributed by atoms with Gasteiger partial charge >= 0.3 is 0 Å². The van der Waals surface area contributed by atoms with Gasteiger partial charge in [0.2, 0.25) is 0 Å². The van der Waals surface area contributed by atoms with Gasteiger partial charge in [-0.2, -0.15) is 16.6 Å². The second-order valence-electron chi connectivity index (χ2n) is 5.88. The number of rotatable bonds is 0.